The number of amides is 1. The minimum absolute atomic E-state index is 0. The first-order valence-corrected chi connectivity index (χ1v) is 7.05. The Kier molecular flexibility index (Phi) is 9.73. The van der Waals surface area contributed by atoms with Crippen LogP contribution in [0.5, 0.6) is 0 Å². The van der Waals surface area contributed by atoms with Crippen molar-refractivity contribution in [2.75, 3.05) is 13.2 Å². The standard InChI is InChI=1S/C14H25NO5.Na/c1-8(2)5-10(7-19-6-9(3)4)15-13(16)11-12(20-11)14(17)18;/h8-12H,5-7H2,1-4H3,(H,15,16)(H,17,18);/q;+1/p-1/t10-,11?,12?;/m0./s1. The predicted molar refractivity (Wildman–Crippen MR) is 70.7 cm³/mol. The molecule has 0 aliphatic carbocycles. The zero-order chi connectivity index (χ0) is 15.3. The molecule has 21 heavy (non-hydrogen) atoms. The van der Waals surface area contributed by atoms with Crippen molar-refractivity contribution in [3.05, 3.63) is 0 Å². The molecule has 0 aromatic carbocycles. The Balaban J connectivity index is 0.00000400. The predicted octanol–water partition coefficient (Wildman–Crippen LogP) is -3.29. The molecule has 1 amide bonds. The summed E-state index contributed by atoms with van der Waals surface area (Å²) in [6.45, 7) is 9.27. The van der Waals surface area contributed by atoms with Gasteiger partial charge in [-0.15, -0.1) is 0 Å². The van der Waals surface area contributed by atoms with Crippen LogP contribution in [0.4, 0.5) is 0 Å². The largest absolute Gasteiger partial charge is 1.00 e. The van der Waals surface area contributed by atoms with Crippen LogP contribution in [-0.4, -0.2) is 43.3 Å². The van der Waals surface area contributed by atoms with Crippen LogP contribution in [0, 0.1) is 11.8 Å². The first kappa shape index (κ1) is 20.9. The first-order valence-electron chi connectivity index (χ1n) is 7.05. The Morgan fingerprint density at radius 3 is 2.19 bits per heavy atom. The van der Waals surface area contributed by atoms with E-state index in [1.807, 2.05) is 0 Å². The minimum Gasteiger partial charge on any atom is -0.547 e. The molecule has 1 aliphatic rings. The Hall–Kier alpha value is -0.140. The third-order valence-electron chi connectivity index (χ3n) is 2.85. The average Bonchev–Trinajstić information content (AvgIpc) is 3.06. The summed E-state index contributed by atoms with van der Waals surface area (Å²) < 4.78 is 10.3. The van der Waals surface area contributed by atoms with Crippen molar-refractivity contribution >= 4 is 11.9 Å². The monoisotopic (exact) mass is 309 g/mol. The number of hydrogen-bond acceptors (Lipinski definition) is 5. The van der Waals surface area contributed by atoms with Crippen LogP contribution in [0.25, 0.3) is 0 Å². The number of carboxylic acids is 1. The fourth-order valence-electron chi connectivity index (χ4n) is 1.96. The second-order valence-corrected chi connectivity index (χ2v) is 6.06. The van der Waals surface area contributed by atoms with E-state index in [9.17, 15) is 14.7 Å². The van der Waals surface area contributed by atoms with Gasteiger partial charge >= 0.3 is 29.6 Å². The fourth-order valence-corrected chi connectivity index (χ4v) is 1.96. The van der Waals surface area contributed by atoms with Gasteiger partial charge in [-0.1, -0.05) is 27.7 Å². The van der Waals surface area contributed by atoms with Crippen LogP contribution >= 0.6 is 0 Å². The van der Waals surface area contributed by atoms with E-state index in [-0.39, 0.29) is 35.6 Å². The van der Waals surface area contributed by atoms with E-state index in [1.165, 1.54) is 0 Å². The molecule has 1 rings (SSSR count). The summed E-state index contributed by atoms with van der Waals surface area (Å²) in [6.07, 6.45) is -1.25. The zero-order valence-electron chi connectivity index (χ0n) is 13.5. The quantitative estimate of drug-likeness (QED) is 0.356. The van der Waals surface area contributed by atoms with Crippen molar-refractivity contribution in [3.8, 4) is 0 Å². The van der Waals surface area contributed by atoms with E-state index in [0.29, 0.717) is 25.0 Å². The van der Waals surface area contributed by atoms with Crippen molar-refractivity contribution in [2.45, 2.75) is 52.4 Å². The summed E-state index contributed by atoms with van der Waals surface area (Å²) in [5.41, 5.74) is 0. The van der Waals surface area contributed by atoms with Crippen molar-refractivity contribution in [3.63, 3.8) is 0 Å². The maximum absolute atomic E-state index is 11.8. The smallest absolute Gasteiger partial charge is 0.547 e. The Labute approximate surface area is 148 Å². The number of carbonyl (C=O) groups excluding carboxylic acids is 2. The van der Waals surface area contributed by atoms with Gasteiger partial charge in [0.25, 0.3) is 5.91 Å². The second kappa shape index (κ2) is 9.79. The molecule has 1 saturated heterocycles. The van der Waals surface area contributed by atoms with Crippen molar-refractivity contribution in [2.24, 2.45) is 11.8 Å². The molecule has 2 unspecified atom stereocenters. The number of aliphatic carboxylic acids is 1. The molecule has 0 aromatic rings. The van der Waals surface area contributed by atoms with Gasteiger partial charge in [0.05, 0.1) is 18.6 Å². The van der Waals surface area contributed by atoms with Gasteiger partial charge in [0.2, 0.25) is 0 Å². The van der Waals surface area contributed by atoms with Gasteiger partial charge < -0.3 is 24.7 Å². The number of ether oxygens (including phenoxy) is 2. The molecule has 7 heteroatoms. The van der Waals surface area contributed by atoms with Crippen LogP contribution in [0.3, 0.4) is 0 Å². The number of nitrogens with one attached hydrogen (secondary N) is 1. The van der Waals surface area contributed by atoms with E-state index in [2.05, 4.69) is 33.0 Å². The molecule has 1 heterocycles. The van der Waals surface area contributed by atoms with Crippen LogP contribution in [-0.2, 0) is 19.1 Å². The van der Waals surface area contributed by atoms with Crippen molar-refractivity contribution < 1.29 is 53.7 Å². The van der Waals surface area contributed by atoms with E-state index < -0.39 is 24.1 Å². The molecule has 1 fully saturated rings. The third kappa shape index (κ3) is 8.16. The number of rotatable bonds is 9. The number of carbonyl (C=O) groups is 2. The molecule has 0 spiro atoms. The minimum atomic E-state index is -1.35. The Morgan fingerprint density at radius 2 is 1.76 bits per heavy atom. The van der Waals surface area contributed by atoms with Gasteiger partial charge in [-0.25, -0.2) is 0 Å². The van der Waals surface area contributed by atoms with E-state index in [0.717, 1.165) is 6.42 Å². The molecule has 1 N–H and O–H groups in total. The molecular weight excluding hydrogens is 285 g/mol. The van der Waals surface area contributed by atoms with Gasteiger partial charge in [0.1, 0.15) is 6.10 Å². The molecule has 0 bridgehead atoms. The number of epoxide rings is 1. The Bertz CT molecular complexity index is 348. The average molecular weight is 309 g/mol. The summed E-state index contributed by atoms with van der Waals surface area (Å²) in [5.74, 6) is -0.917. The van der Waals surface area contributed by atoms with E-state index >= 15 is 0 Å². The van der Waals surface area contributed by atoms with E-state index in [4.69, 9.17) is 9.47 Å². The van der Waals surface area contributed by atoms with Gasteiger partial charge in [-0.3, -0.25) is 4.79 Å². The van der Waals surface area contributed by atoms with E-state index in [1.54, 1.807) is 0 Å². The topological polar surface area (TPSA) is 91.0 Å². The first-order chi connectivity index (χ1) is 9.31. The molecule has 6 nitrogen and oxygen atoms in total. The second-order valence-electron chi connectivity index (χ2n) is 6.06. The fraction of sp³-hybridized carbons (Fsp3) is 0.857. The molecule has 0 saturated carbocycles. The summed E-state index contributed by atoms with van der Waals surface area (Å²) in [4.78, 5) is 22.4. The molecule has 0 radical (unpaired) electrons. The normalized spacial score (nSPS) is 21.8. The van der Waals surface area contributed by atoms with Crippen LogP contribution in [0.15, 0.2) is 0 Å². The third-order valence-corrected chi connectivity index (χ3v) is 2.85. The van der Waals surface area contributed by atoms with Gasteiger partial charge in [0.15, 0.2) is 6.10 Å². The molecule has 1 aliphatic heterocycles. The summed E-state index contributed by atoms with van der Waals surface area (Å²) >= 11 is 0. The summed E-state index contributed by atoms with van der Waals surface area (Å²) in [6, 6.07) is -0.132. The van der Waals surface area contributed by atoms with Gasteiger partial charge in [-0.05, 0) is 18.3 Å². The number of hydrogen-bond donors (Lipinski definition) is 1. The van der Waals surface area contributed by atoms with Gasteiger partial charge in [-0.2, -0.15) is 0 Å². The molecular formula is C14H24NNaO5. The van der Waals surface area contributed by atoms with Crippen LogP contribution < -0.4 is 40.0 Å². The number of carboxylic acid groups (broad SMARTS) is 1. The van der Waals surface area contributed by atoms with Crippen LogP contribution in [0.1, 0.15) is 34.1 Å². The van der Waals surface area contributed by atoms with Crippen molar-refractivity contribution in [1.29, 1.82) is 0 Å². The molecule has 3 atom stereocenters. The molecule has 116 valence electrons. The van der Waals surface area contributed by atoms with Crippen molar-refractivity contribution in [1.82, 2.24) is 5.32 Å². The van der Waals surface area contributed by atoms with Crippen LogP contribution in [0.2, 0.25) is 0 Å². The van der Waals surface area contributed by atoms with Gasteiger partial charge in [0, 0.05) is 6.61 Å². The SMILES string of the molecule is CC(C)COC[C@H](CC(C)C)NC(=O)C1OC1C(=O)[O-].[Na+]. The molecule has 0 aromatic heterocycles. The zero-order valence-corrected chi connectivity index (χ0v) is 15.5. The Morgan fingerprint density at radius 1 is 1.14 bits per heavy atom. The summed E-state index contributed by atoms with van der Waals surface area (Å²) in [5, 5.41) is 13.3. The summed E-state index contributed by atoms with van der Waals surface area (Å²) in [7, 11) is 0. The maximum atomic E-state index is 11.8. The maximum Gasteiger partial charge on any atom is 1.00 e.